The number of likely N-dealkylation sites (tertiary alicyclic amines) is 1. The SMILES string of the molecule is CC(CNC(=O)CN1CCC(N)CC1)N(C)C1CC1. The molecule has 0 aromatic rings. The minimum atomic E-state index is 0.145. The number of nitrogens with one attached hydrogen (secondary N) is 1. The summed E-state index contributed by atoms with van der Waals surface area (Å²) < 4.78 is 0. The molecule has 1 saturated carbocycles. The largest absolute Gasteiger partial charge is 0.353 e. The molecule has 1 aliphatic heterocycles. The first-order valence-corrected chi connectivity index (χ1v) is 7.53. The van der Waals surface area contributed by atoms with Crippen LogP contribution in [-0.2, 0) is 4.79 Å². The monoisotopic (exact) mass is 268 g/mol. The topological polar surface area (TPSA) is 61.6 Å². The summed E-state index contributed by atoms with van der Waals surface area (Å²) in [5, 5.41) is 3.05. The first-order valence-electron chi connectivity index (χ1n) is 7.53. The molecule has 2 aliphatic rings. The minimum absolute atomic E-state index is 0.145. The molecular formula is C14H28N4O. The number of hydrogen-bond donors (Lipinski definition) is 2. The van der Waals surface area contributed by atoms with Gasteiger partial charge in [0.15, 0.2) is 0 Å². The van der Waals surface area contributed by atoms with Crippen molar-refractivity contribution in [2.75, 3.05) is 33.2 Å². The van der Waals surface area contributed by atoms with E-state index in [1.54, 1.807) is 0 Å². The van der Waals surface area contributed by atoms with Gasteiger partial charge in [0.25, 0.3) is 0 Å². The molecule has 2 rings (SSSR count). The minimum Gasteiger partial charge on any atom is -0.353 e. The molecular weight excluding hydrogens is 240 g/mol. The predicted molar refractivity (Wildman–Crippen MR) is 76.9 cm³/mol. The second kappa shape index (κ2) is 6.68. The van der Waals surface area contributed by atoms with Crippen molar-refractivity contribution in [2.45, 2.75) is 50.7 Å². The number of piperidine rings is 1. The van der Waals surface area contributed by atoms with Crippen LogP contribution in [0.2, 0.25) is 0 Å². The Morgan fingerprint density at radius 1 is 1.37 bits per heavy atom. The summed E-state index contributed by atoms with van der Waals surface area (Å²) in [6.45, 7) is 5.35. The van der Waals surface area contributed by atoms with Gasteiger partial charge in [0.2, 0.25) is 5.91 Å². The number of likely N-dealkylation sites (N-methyl/N-ethyl adjacent to an activating group) is 1. The third kappa shape index (κ3) is 4.75. The molecule has 1 saturated heterocycles. The summed E-state index contributed by atoms with van der Waals surface area (Å²) in [4.78, 5) is 16.5. The Bertz CT molecular complexity index is 298. The number of nitrogens with zero attached hydrogens (tertiary/aromatic N) is 2. The molecule has 0 aromatic heterocycles. The zero-order chi connectivity index (χ0) is 13.8. The molecule has 1 heterocycles. The summed E-state index contributed by atoms with van der Waals surface area (Å²) >= 11 is 0. The van der Waals surface area contributed by atoms with Gasteiger partial charge in [0.1, 0.15) is 0 Å². The molecule has 0 aromatic carbocycles. The molecule has 0 bridgehead atoms. The van der Waals surface area contributed by atoms with Gasteiger partial charge in [-0.05, 0) is 39.7 Å². The van der Waals surface area contributed by atoms with E-state index in [2.05, 4.69) is 29.1 Å². The maximum atomic E-state index is 11.9. The molecule has 1 aliphatic carbocycles. The van der Waals surface area contributed by atoms with E-state index in [-0.39, 0.29) is 5.91 Å². The van der Waals surface area contributed by atoms with Crippen LogP contribution in [0.4, 0.5) is 0 Å². The molecule has 5 nitrogen and oxygen atoms in total. The zero-order valence-electron chi connectivity index (χ0n) is 12.3. The molecule has 1 atom stereocenters. The fourth-order valence-electron chi connectivity index (χ4n) is 2.62. The Morgan fingerprint density at radius 3 is 2.58 bits per heavy atom. The number of hydrogen-bond acceptors (Lipinski definition) is 4. The van der Waals surface area contributed by atoms with Gasteiger partial charge in [0.05, 0.1) is 6.54 Å². The number of carbonyl (C=O) groups excluding carboxylic acids is 1. The van der Waals surface area contributed by atoms with E-state index in [1.165, 1.54) is 12.8 Å². The molecule has 3 N–H and O–H groups in total. The average molecular weight is 268 g/mol. The van der Waals surface area contributed by atoms with Crippen molar-refractivity contribution in [3.63, 3.8) is 0 Å². The predicted octanol–water partition coefficient (Wildman–Crippen LogP) is 0.00840. The van der Waals surface area contributed by atoms with E-state index < -0.39 is 0 Å². The van der Waals surface area contributed by atoms with Crippen molar-refractivity contribution in [2.24, 2.45) is 5.73 Å². The second-order valence-corrected chi connectivity index (χ2v) is 6.16. The van der Waals surface area contributed by atoms with Crippen LogP contribution < -0.4 is 11.1 Å². The molecule has 110 valence electrons. The van der Waals surface area contributed by atoms with E-state index in [0.717, 1.165) is 38.5 Å². The van der Waals surface area contributed by atoms with Gasteiger partial charge in [-0.25, -0.2) is 0 Å². The van der Waals surface area contributed by atoms with E-state index in [0.29, 0.717) is 18.6 Å². The Hall–Kier alpha value is -0.650. The maximum Gasteiger partial charge on any atom is 0.234 e. The van der Waals surface area contributed by atoms with Crippen LogP contribution in [0.3, 0.4) is 0 Å². The Kier molecular flexibility index (Phi) is 5.19. The van der Waals surface area contributed by atoms with Crippen LogP contribution in [0.25, 0.3) is 0 Å². The maximum absolute atomic E-state index is 11.9. The number of nitrogens with two attached hydrogens (primary N) is 1. The highest BCUT2D eigenvalue weighted by Crippen LogP contribution is 2.26. The first-order chi connectivity index (χ1) is 9.06. The van der Waals surface area contributed by atoms with Crippen molar-refractivity contribution in [1.29, 1.82) is 0 Å². The van der Waals surface area contributed by atoms with Gasteiger partial charge in [-0.15, -0.1) is 0 Å². The number of rotatable bonds is 6. The van der Waals surface area contributed by atoms with Gasteiger partial charge in [-0.2, -0.15) is 0 Å². The smallest absolute Gasteiger partial charge is 0.234 e. The van der Waals surface area contributed by atoms with Crippen molar-refractivity contribution in [3.8, 4) is 0 Å². The summed E-state index contributed by atoms with van der Waals surface area (Å²) in [5.41, 5.74) is 5.86. The van der Waals surface area contributed by atoms with E-state index in [1.807, 2.05) is 0 Å². The van der Waals surface area contributed by atoms with Crippen molar-refractivity contribution in [1.82, 2.24) is 15.1 Å². The molecule has 2 fully saturated rings. The molecule has 0 radical (unpaired) electrons. The first kappa shape index (κ1) is 14.8. The molecule has 1 unspecified atom stereocenters. The van der Waals surface area contributed by atoms with Crippen LogP contribution in [0.15, 0.2) is 0 Å². The summed E-state index contributed by atoms with van der Waals surface area (Å²) in [5.74, 6) is 0.145. The van der Waals surface area contributed by atoms with Gasteiger partial charge in [-0.1, -0.05) is 0 Å². The lowest BCUT2D eigenvalue weighted by Crippen LogP contribution is -2.47. The lowest BCUT2D eigenvalue weighted by atomic mass is 10.1. The third-order valence-corrected chi connectivity index (χ3v) is 4.41. The fraction of sp³-hybridized carbons (Fsp3) is 0.929. The van der Waals surface area contributed by atoms with Crippen molar-refractivity contribution >= 4 is 5.91 Å². The Morgan fingerprint density at radius 2 is 2.00 bits per heavy atom. The van der Waals surface area contributed by atoms with Crippen LogP contribution in [-0.4, -0.2) is 67.1 Å². The second-order valence-electron chi connectivity index (χ2n) is 6.16. The molecule has 0 spiro atoms. The van der Waals surface area contributed by atoms with Gasteiger partial charge < -0.3 is 11.1 Å². The quantitative estimate of drug-likeness (QED) is 0.712. The number of carbonyl (C=O) groups is 1. The molecule has 19 heavy (non-hydrogen) atoms. The average Bonchev–Trinajstić information content (AvgIpc) is 3.22. The van der Waals surface area contributed by atoms with E-state index in [9.17, 15) is 4.79 Å². The fourth-order valence-corrected chi connectivity index (χ4v) is 2.62. The van der Waals surface area contributed by atoms with Crippen LogP contribution in [0, 0.1) is 0 Å². The zero-order valence-corrected chi connectivity index (χ0v) is 12.3. The summed E-state index contributed by atoms with van der Waals surface area (Å²) in [6.07, 6.45) is 4.63. The van der Waals surface area contributed by atoms with Crippen LogP contribution >= 0.6 is 0 Å². The molecule has 5 heteroatoms. The summed E-state index contributed by atoms with van der Waals surface area (Å²) in [7, 11) is 2.15. The Balaban J connectivity index is 1.61. The Labute approximate surface area is 116 Å². The van der Waals surface area contributed by atoms with Crippen molar-refractivity contribution < 1.29 is 4.79 Å². The lowest BCUT2D eigenvalue weighted by Gasteiger charge is -2.30. The highest BCUT2D eigenvalue weighted by atomic mass is 16.2. The van der Waals surface area contributed by atoms with E-state index >= 15 is 0 Å². The van der Waals surface area contributed by atoms with Gasteiger partial charge in [0, 0.05) is 37.8 Å². The highest BCUT2D eigenvalue weighted by molar-refractivity contribution is 5.78. The normalized spacial score (nSPS) is 23.6. The highest BCUT2D eigenvalue weighted by Gasteiger charge is 2.29. The van der Waals surface area contributed by atoms with Gasteiger partial charge >= 0.3 is 0 Å². The van der Waals surface area contributed by atoms with E-state index in [4.69, 9.17) is 5.73 Å². The lowest BCUT2D eigenvalue weighted by molar-refractivity contribution is -0.122. The van der Waals surface area contributed by atoms with Crippen LogP contribution in [0.5, 0.6) is 0 Å². The summed E-state index contributed by atoms with van der Waals surface area (Å²) in [6, 6.07) is 1.49. The third-order valence-electron chi connectivity index (χ3n) is 4.41. The molecule has 1 amide bonds. The standard InChI is InChI=1S/C14H28N4O/c1-11(17(2)13-3-4-13)9-16-14(19)10-18-7-5-12(15)6-8-18/h11-13H,3-10,15H2,1-2H3,(H,16,19). The number of amides is 1. The van der Waals surface area contributed by atoms with Crippen molar-refractivity contribution in [3.05, 3.63) is 0 Å². The van der Waals surface area contributed by atoms with Gasteiger partial charge in [-0.3, -0.25) is 14.6 Å². The van der Waals surface area contributed by atoms with Crippen LogP contribution in [0.1, 0.15) is 32.6 Å².